The van der Waals surface area contributed by atoms with Crippen LogP contribution in [0.25, 0.3) is 0 Å². The number of amides is 4. The summed E-state index contributed by atoms with van der Waals surface area (Å²) < 4.78 is 0. The highest BCUT2D eigenvalue weighted by molar-refractivity contribution is 5.98. The van der Waals surface area contributed by atoms with Crippen molar-refractivity contribution < 1.29 is 19.2 Å². The highest BCUT2D eigenvalue weighted by Gasteiger charge is 2.47. The number of rotatable bonds is 7. The first kappa shape index (κ1) is 23.5. The van der Waals surface area contributed by atoms with Gasteiger partial charge in [0.05, 0.1) is 6.54 Å². The molecule has 0 radical (unpaired) electrons. The molecule has 1 saturated carbocycles. The van der Waals surface area contributed by atoms with Gasteiger partial charge in [0.1, 0.15) is 6.04 Å². The maximum Gasteiger partial charge on any atom is 0.254 e. The van der Waals surface area contributed by atoms with E-state index in [-0.39, 0.29) is 24.4 Å². The number of fused-ring (bicyclic) bond motifs is 1. The van der Waals surface area contributed by atoms with Gasteiger partial charge in [-0.15, -0.1) is 0 Å². The zero-order valence-corrected chi connectivity index (χ0v) is 19.0. The van der Waals surface area contributed by atoms with Crippen molar-refractivity contribution in [3.63, 3.8) is 0 Å². The molecule has 8 heteroatoms. The number of benzene rings is 2. The summed E-state index contributed by atoms with van der Waals surface area (Å²) in [6, 6.07) is 15.5. The topological polar surface area (TPSA) is 122 Å². The maximum atomic E-state index is 13.4. The summed E-state index contributed by atoms with van der Waals surface area (Å²) in [5.41, 5.74) is 6.88. The van der Waals surface area contributed by atoms with E-state index in [4.69, 9.17) is 5.73 Å². The lowest BCUT2D eigenvalue weighted by Crippen LogP contribution is -2.49. The van der Waals surface area contributed by atoms with Crippen molar-refractivity contribution in [1.29, 1.82) is 0 Å². The predicted molar refractivity (Wildman–Crippen MR) is 127 cm³/mol. The van der Waals surface area contributed by atoms with Crippen LogP contribution in [0.2, 0.25) is 0 Å². The number of hydrogen-bond acceptors (Lipinski definition) is 4. The first-order valence-electron chi connectivity index (χ1n) is 11.7. The molecular weight excluding hydrogens is 432 g/mol. The van der Waals surface area contributed by atoms with Gasteiger partial charge in [0, 0.05) is 23.7 Å². The number of primary amides is 1. The fourth-order valence-corrected chi connectivity index (χ4v) is 5.07. The average molecular weight is 463 g/mol. The molecule has 0 bridgehead atoms. The fraction of sp³-hybridized carbons (Fsp3) is 0.385. The second-order valence-electron chi connectivity index (χ2n) is 9.01. The zero-order chi connectivity index (χ0) is 24.1. The van der Waals surface area contributed by atoms with E-state index in [2.05, 4.69) is 10.6 Å². The van der Waals surface area contributed by atoms with E-state index < -0.39 is 17.9 Å². The van der Waals surface area contributed by atoms with Gasteiger partial charge in [-0.3, -0.25) is 19.2 Å². The molecule has 4 amide bonds. The number of nitrogens with zero attached hydrogens (tertiary/aromatic N) is 1. The van der Waals surface area contributed by atoms with Gasteiger partial charge < -0.3 is 21.3 Å². The summed E-state index contributed by atoms with van der Waals surface area (Å²) >= 11 is 0. The summed E-state index contributed by atoms with van der Waals surface area (Å²) in [7, 11) is 0. The maximum absolute atomic E-state index is 13.4. The van der Waals surface area contributed by atoms with E-state index in [0.29, 0.717) is 30.0 Å². The molecular formula is C26H30N4O4. The monoisotopic (exact) mass is 462 g/mol. The van der Waals surface area contributed by atoms with Gasteiger partial charge in [-0.1, -0.05) is 43.2 Å². The van der Waals surface area contributed by atoms with Crippen molar-refractivity contribution in [2.75, 3.05) is 6.54 Å². The fourth-order valence-electron chi connectivity index (χ4n) is 5.07. The van der Waals surface area contributed by atoms with E-state index in [1.807, 2.05) is 23.1 Å². The summed E-state index contributed by atoms with van der Waals surface area (Å²) in [5.74, 6) is -0.879. The molecule has 34 heavy (non-hydrogen) atoms. The highest BCUT2D eigenvalue weighted by Crippen LogP contribution is 2.40. The summed E-state index contributed by atoms with van der Waals surface area (Å²) in [6.45, 7) is 0.0689. The van der Waals surface area contributed by atoms with Crippen LogP contribution in [0.4, 0.5) is 0 Å². The Balaban J connectivity index is 1.41. The van der Waals surface area contributed by atoms with E-state index in [0.717, 1.165) is 31.2 Å². The van der Waals surface area contributed by atoms with Crippen molar-refractivity contribution in [2.45, 2.75) is 50.7 Å². The predicted octanol–water partition coefficient (Wildman–Crippen LogP) is 1.99. The third-order valence-electron chi connectivity index (χ3n) is 6.75. The Labute approximate surface area is 198 Å². The summed E-state index contributed by atoms with van der Waals surface area (Å²) in [5, 5.41) is 5.42. The molecule has 3 unspecified atom stereocenters. The minimum atomic E-state index is -0.612. The molecule has 178 valence electrons. The van der Waals surface area contributed by atoms with Crippen molar-refractivity contribution in [3.8, 4) is 0 Å². The van der Waals surface area contributed by atoms with Crippen molar-refractivity contribution >= 4 is 23.6 Å². The zero-order valence-electron chi connectivity index (χ0n) is 19.0. The third-order valence-corrected chi connectivity index (χ3v) is 6.75. The van der Waals surface area contributed by atoms with Gasteiger partial charge in [0.25, 0.3) is 11.8 Å². The minimum absolute atomic E-state index is 0.0820. The van der Waals surface area contributed by atoms with Gasteiger partial charge in [0.2, 0.25) is 11.8 Å². The van der Waals surface area contributed by atoms with Crippen LogP contribution in [0.3, 0.4) is 0 Å². The average Bonchev–Trinajstić information content (AvgIpc) is 3.26. The molecule has 0 aromatic heterocycles. The quantitative estimate of drug-likeness (QED) is 0.583. The van der Waals surface area contributed by atoms with Crippen LogP contribution in [0.5, 0.6) is 0 Å². The molecule has 2 aliphatic rings. The molecule has 1 aliphatic heterocycles. The first-order chi connectivity index (χ1) is 16.4. The number of hydrogen-bond donors (Lipinski definition) is 3. The molecule has 4 N–H and O–H groups in total. The Morgan fingerprint density at radius 2 is 1.59 bits per heavy atom. The molecule has 1 saturated heterocycles. The highest BCUT2D eigenvalue weighted by atomic mass is 16.2. The Hall–Kier alpha value is -3.68. The lowest BCUT2D eigenvalue weighted by atomic mass is 9.84. The van der Waals surface area contributed by atoms with E-state index in [1.165, 1.54) is 0 Å². The van der Waals surface area contributed by atoms with Gasteiger partial charge in [-0.05, 0) is 55.0 Å². The van der Waals surface area contributed by atoms with Crippen molar-refractivity contribution in [2.24, 2.45) is 11.7 Å². The Kier molecular flexibility index (Phi) is 7.25. The van der Waals surface area contributed by atoms with Gasteiger partial charge in [-0.2, -0.15) is 0 Å². The van der Waals surface area contributed by atoms with Crippen LogP contribution in [-0.2, 0) is 16.1 Å². The number of nitrogens with one attached hydrogen (secondary N) is 2. The molecule has 8 nitrogen and oxygen atoms in total. The van der Waals surface area contributed by atoms with Crippen molar-refractivity contribution in [1.82, 2.24) is 15.5 Å². The van der Waals surface area contributed by atoms with Gasteiger partial charge in [-0.25, -0.2) is 0 Å². The van der Waals surface area contributed by atoms with Crippen LogP contribution < -0.4 is 16.4 Å². The van der Waals surface area contributed by atoms with Crippen LogP contribution >= 0.6 is 0 Å². The lowest BCUT2D eigenvalue weighted by Gasteiger charge is -2.33. The van der Waals surface area contributed by atoms with Crippen LogP contribution in [0.15, 0.2) is 54.6 Å². The smallest absolute Gasteiger partial charge is 0.254 e. The standard InChI is InChI=1S/C26H30N4O4/c27-23(31)16-29-24(32)18-12-10-17(11-13-18)15-28-25(33)22-14-20-8-4-5-9-21(20)30(22)26(34)19-6-2-1-3-7-19/h1-3,6-7,10-13,20-22H,4-5,8-9,14-16H2,(H2,27,31)(H,28,33)(H,29,32). The molecule has 2 aromatic carbocycles. The summed E-state index contributed by atoms with van der Waals surface area (Å²) in [6.07, 6.45) is 4.89. The third kappa shape index (κ3) is 5.27. The minimum Gasteiger partial charge on any atom is -0.368 e. The Bertz CT molecular complexity index is 1050. The van der Waals surface area contributed by atoms with Crippen LogP contribution in [0.1, 0.15) is 58.4 Å². The molecule has 3 atom stereocenters. The van der Waals surface area contributed by atoms with Gasteiger partial charge >= 0.3 is 0 Å². The Morgan fingerprint density at radius 1 is 0.882 bits per heavy atom. The molecule has 2 aromatic rings. The second-order valence-corrected chi connectivity index (χ2v) is 9.01. The van der Waals surface area contributed by atoms with E-state index in [9.17, 15) is 19.2 Å². The first-order valence-corrected chi connectivity index (χ1v) is 11.7. The number of carbonyl (C=O) groups excluding carboxylic acids is 4. The van der Waals surface area contributed by atoms with Crippen LogP contribution in [0, 0.1) is 5.92 Å². The number of nitrogens with two attached hydrogens (primary N) is 1. The molecule has 1 aliphatic carbocycles. The lowest BCUT2D eigenvalue weighted by molar-refractivity contribution is -0.125. The second kappa shape index (κ2) is 10.5. The largest absolute Gasteiger partial charge is 0.368 e. The van der Waals surface area contributed by atoms with Gasteiger partial charge in [0.15, 0.2) is 0 Å². The molecule has 4 rings (SSSR count). The SMILES string of the molecule is NC(=O)CNC(=O)c1ccc(CNC(=O)C2CC3CCCCC3N2C(=O)c2ccccc2)cc1. The van der Waals surface area contributed by atoms with E-state index >= 15 is 0 Å². The number of likely N-dealkylation sites (tertiary alicyclic amines) is 1. The molecule has 1 heterocycles. The molecule has 2 fully saturated rings. The van der Waals surface area contributed by atoms with E-state index in [1.54, 1.807) is 36.4 Å². The van der Waals surface area contributed by atoms with Crippen molar-refractivity contribution in [3.05, 3.63) is 71.3 Å². The number of carbonyl (C=O) groups is 4. The summed E-state index contributed by atoms with van der Waals surface area (Å²) in [4.78, 5) is 51.2. The van der Waals surface area contributed by atoms with Crippen LogP contribution in [-0.4, -0.2) is 47.2 Å². The Morgan fingerprint density at radius 3 is 2.29 bits per heavy atom. The normalized spacial score (nSPS) is 21.4. The molecule has 0 spiro atoms.